The molecule has 0 aliphatic heterocycles. The number of rotatable bonds is 8. The van der Waals surface area contributed by atoms with Gasteiger partial charge in [-0.1, -0.05) is 29.8 Å². The van der Waals surface area contributed by atoms with Gasteiger partial charge < -0.3 is 23.9 Å². The highest BCUT2D eigenvalue weighted by atomic mass is 16.5. The van der Waals surface area contributed by atoms with Crippen molar-refractivity contribution in [1.82, 2.24) is 15.5 Å². The lowest BCUT2D eigenvalue weighted by atomic mass is 10.1. The zero-order valence-corrected chi connectivity index (χ0v) is 16.8. The number of carbonyl (C=O) groups excluding carboxylic acids is 1. The Balaban J connectivity index is 1.68. The van der Waals surface area contributed by atoms with Crippen LogP contribution < -0.4 is 19.5 Å². The molecule has 29 heavy (non-hydrogen) atoms. The van der Waals surface area contributed by atoms with E-state index in [0.717, 1.165) is 16.7 Å². The lowest BCUT2D eigenvalue weighted by Gasteiger charge is -2.13. The third kappa shape index (κ3) is 4.84. The fraction of sp³-hybridized carbons (Fsp3) is 0.286. The van der Waals surface area contributed by atoms with Crippen LogP contribution >= 0.6 is 0 Å². The minimum atomic E-state index is -0.422. The molecule has 0 bridgehead atoms. The highest BCUT2D eigenvalue weighted by molar-refractivity contribution is 5.89. The summed E-state index contributed by atoms with van der Waals surface area (Å²) >= 11 is 0. The summed E-state index contributed by atoms with van der Waals surface area (Å²) in [5.74, 6) is 1.35. The normalized spacial score (nSPS) is 10.5. The molecule has 0 aliphatic carbocycles. The van der Waals surface area contributed by atoms with E-state index in [-0.39, 0.29) is 5.89 Å². The Morgan fingerprint density at radius 1 is 0.966 bits per heavy atom. The van der Waals surface area contributed by atoms with Gasteiger partial charge in [0.05, 0.1) is 27.8 Å². The van der Waals surface area contributed by atoms with Crippen LogP contribution in [0.4, 0.5) is 0 Å². The Kier molecular flexibility index (Phi) is 6.33. The van der Waals surface area contributed by atoms with E-state index in [1.165, 1.54) is 0 Å². The number of nitrogens with one attached hydrogen (secondary N) is 1. The van der Waals surface area contributed by atoms with Crippen molar-refractivity contribution in [2.75, 3.05) is 21.3 Å². The molecule has 1 heterocycles. The molecule has 2 aromatic carbocycles. The summed E-state index contributed by atoms with van der Waals surface area (Å²) in [7, 11) is 4.63. The third-order valence-corrected chi connectivity index (χ3v) is 4.31. The van der Waals surface area contributed by atoms with Gasteiger partial charge in [-0.15, -0.1) is 10.2 Å². The van der Waals surface area contributed by atoms with Crippen molar-refractivity contribution >= 4 is 5.91 Å². The maximum atomic E-state index is 12.3. The zero-order chi connectivity index (χ0) is 20.8. The molecule has 0 fully saturated rings. The van der Waals surface area contributed by atoms with Crippen LogP contribution in [-0.2, 0) is 13.0 Å². The van der Waals surface area contributed by atoms with E-state index < -0.39 is 5.91 Å². The maximum Gasteiger partial charge on any atom is 0.309 e. The number of hydrogen-bond acceptors (Lipinski definition) is 7. The first-order valence-corrected chi connectivity index (χ1v) is 8.99. The number of amides is 1. The Hall–Kier alpha value is -3.55. The highest BCUT2D eigenvalue weighted by Gasteiger charge is 2.17. The molecule has 0 radical (unpaired) electrons. The van der Waals surface area contributed by atoms with Crippen LogP contribution in [-0.4, -0.2) is 37.4 Å². The number of carbonyl (C=O) groups is 1. The van der Waals surface area contributed by atoms with Gasteiger partial charge in [-0.25, -0.2) is 0 Å². The van der Waals surface area contributed by atoms with E-state index in [0.29, 0.717) is 36.1 Å². The molecule has 3 aromatic rings. The predicted octanol–water partition coefficient (Wildman–Crippen LogP) is 2.92. The van der Waals surface area contributed by atoms with Crippen molar-refractivity contribution in [2.45, 2.75) is 19.9 Å². The number of methoxy groups -OCH3 is 3. The topological polar surface area (TPSA) is 95.7 Å². The van der Waals surface area contributed by atoms with E-state index in [4.69, 9.17) is 18.6 Å². The van der Waals surface area contributed by atoms with Gasteiger partial charge in [0.2, 0.25) is 11.6 Å². The second-order valence-electron chi connectivity index (χ2n) is 6.38. The quantitative estimate of drug-likeness (QED) is 0.624. The first-order chi connectivity index (χ1) is 14.0. The van der Waals surface area contributed by atoms with Crippen LogP contribution in [0, 0.1) is 6.92 Å². The minimum Gasteiger partial charge on any atom is -0.493 e. The van der Waals surface area contributed by atoms with Gasteiger partial charge in [-0.05, 0) is 30.2 Å². The SMILES string of the molecule is COc1cc(Cc2nnc(C(=O)NCc3ccc(C)cc3)o2)cc(OC)c1OC. The average molecular weight is 397 g/mol. The Bertz CT molecular complexity index is 957. The molecule has 0 saturated carbocycles. The number of nitrogens with zero attached hydrogens (tertiary/aromatic N) is 2. The second kappa shape index (κ2) is 9.09. The maximum absolute atomic E-state index is 12.3. The van der Waals surface area contributed by atoms with Gasteiger partial charge >= 0.3 is 11.8 Å². The van der Waals surface area contributed by atoms with Crippen LogP contribution in [0.25, 0.3) is 0 Å². The summed E-state index contributed by atoms with van der Waals surface area (Å²) in [6.07, 6.45) is 0.314. The number of aryl methyl sites for hydroxylation is 1. The van der Waals surface area contributed by atoms with Crippen molar-refractivity contribution in [3.8, 4) is 17.2 Å². The van der Waals surface area contributed by atoms with Crippen molar-refractivity contribution in [3.05, 3.63) is 64.9 Å². The van der Waals surface area contributed by atoms with E-state index in [9.17, 15) is 4.79 Å². The molecule has 0 saturated heterocycles. The Labute approximate surface area is 168 Å². The van der Waals surface area contributed by atoms with Gasteiger partial charge in [-0.3, -0.25) is 4.79 Å². The van der Waals surface area contributed by atoms with Crippen LogP contribution in [0.15, 0.2) is 40.8 Å². The van der Waals surface area contributed by atoms with Crippen LogP contribution in [0.3, 0.4) is 0 Å². The van der Waals surface area contributed by atoms with Crippen molar-refractivity contribution in [1.29, 1.82) is 0 Å². The number of benzene rings is 2. The predicted molar refractivity (Wildman–Crippen MR) is 106 cm³/mol. The first-order valence-electron chi connectivity index (χ1n) is 8.99. The number of aromatic nitrogens is 2. The molecule has 0 aliphatic rings. The molecule has 1 amide bonds. The third-order valence-electron chi connectivity index (χ3n) is 4.31. The number of hydrogen-bond donors (Lipinski definition) is 1. The number of ether oxygens (including phenoxy) is 3. The molecular formula is C21H23N3O5. The Morgan fingerprint density at radius 2 is 1.62 bits per heavy atom. The van der Waals surface area contributed by atoms with Crippen LogP contribution in [0.1, 0.15) is 33.3 Å². The first kappa shape index (κ1) is 20.2. The summed E-state index contributed by atoms with van der Waals surface area (Å²) in [5, 5.41) is 10.6. The molecule has 0 unspecified atom stereocenters. The van der Waals surface area contributed by atoms with Crippen LogP contribution in [0.2, 0.25) is 0 Å². The standard InChI is InChI=1S/C21H23N3O5/c1-13-5-7-14(8-6-13)12-22-20(25)21-24-23-18(29-21)11-15-9-16(26-2)19(28-4)17(10-15)27-3/h5-10H,11-12H2,1-4H3,(H,22,25). The van der Waals surface area contributed by atoms with E-state index in [1.807, 2.05) is 31.2 Å². The zero-order valence-electron chi connectivity index (χ0n) is 16.8. The average Bonchev–Trinajstić information content (AvgIpc) is 3.20. The monoisotopic (exact) mass is 397 g/mol. The van der Waals surface area contributed by atoms with Crippen LogP contribution in [0.5, 0.6) is 17.2 Å². The summed E-state index contributed by atoms with van der Waals surface area (Å²) in [6.45, 7) is 2.39. The molecule has 0 spiro atoms. The molecule has 3 rings (SSSR count). The van der Waals surface area contributed by atoms with Crippen molar-refractivity contribution in [2.24, 2.45) is 0 Å². The largest absolute Gasteiger partial charge is 0.493 e. The minimum absolute atomic E-state index is 0.0837. The van der Waals surface area contributed by atoms with E-state index in [1.54, 1.807) is 33.5 Å². The molecule has 8 nitrogen and oxygen atoms in total. The summed E-state index contributed by atoms with van der Waals surface area (Å²) in [4.78, 5) is 12.3. The van der Waals surface area contributed by atoms with Crippen molar-refractivity contribution in [3.63, 3.8) is 0 Å². The molecule has 1 aromatic heterocycles. The van der Waals surface area contributed by atoms with E-state index in [2.05, 4.69) is 15.5 Å². The van der Waals surface area contributed by atoms with Gasteiger partial charge in [0.15, 0.2) is 11.5 Å². The summed E-state index contributed by atoms with van der Waals surface area (Å²) in [5.41, 5.74) is 2.96. The molecular weight excluding hydrogens is 374 g/mol. The Morgan fingerprint density at radius 3 is 2.21 bits per heavy atom. The van der Waals surface area contributed by atoms with Gasteiger partial charge in [0, 0.05) is 6.54 Å². The smallest absolute Gasteiger partial charge is 0.309 e. The van der Waals surface area contributed by atoms with Gasteiger partial charge in [0.1, 0.15) is 0 Å². The molecule has 0 atom stereocenters. The summed E-state index contributed by atoms with van der Waals surface area (Å²) < 4.78 is 21.5. The van der Waals surface area contributed by atoms with E-state index >= 15 is 0 Å². The second-order valence-corrected chi connectivity index (χ2v) is 6.38. The molecule has 8 heteroatoms. The van der Waals surface area contributed by atoms with Gasteiger partial charge in [-0.2, -0.15) is 0 Å². The molecule has 1 N–H and O–H groups in total. The molecule has 152 valence electrons. The fourth-order valence-corrected chi connectivity index (χ4v) is 2.79. The van der Waals surface area contributed by atoms with Crippen molar-refractivity contribution < 1.29 is 23.4 Å². The lowest BCUT2D eigenvalue weighted by Crippen LogP contribution is -2.23. The van der Waals surface area contributed by atoms with Gasteiger partial charge in [0.25, 0.3) is 0 Å². The highest BCUT2D eigenvalue weighted by Crippen LogP contribution is 2.38. The lowest BCUT2D eigenvalue weighted by molar-refractivity contribution is 0.0914. The fourth-order valence-electron chi connectivity index (χ4n) is 2.79. The summed E-state index contributed by atoms with van der Waals surface area (Å²) in [6, 6.07) is 11.5.